The SMILES string of the molecule is C=C(C)C(=COC)C(=O)CC(CCCC)(CCC(=Cc1ccccc1C)C(C)=O)c1ccc(C)cc1. The van der Waals surface area contributed by atoms with Crippen molar-refractivity contribution in [1.82, 2.24) is 0 Å². The summed E-state index contributed by atoms with van der Waals surface area (Å²) in [5, 5.41) is 0. The van der Waals surface area contributed by atoms with Crippen LogP contribution in [-0.2, 0) is 19.7 Å². The molecule has 0 amide bonds. The number of rotatable bonds is 14. The normalized spacial score (nSPS) is 13.7. The Morgan fingerprint density at radius 2 is 1.67 bits per heavy atom. The van der Waals surface area contributed by atoms with E-state index in [0.29, 0.717) is 30.4 Å². The topological polar surface area (TPSA) is 43.4 Å². The highest BCUT2D eigenvalue weighted by molar-refractivity contribution is 6.00. The standard InChI is InChI=1S/C33H42O3/c1-8-9-19-33(30-16-14-25(4)15-17-30,22-32(35)31(23-36-7)24(2)3)20-18-29(27(6)34)21-28-13-11-10-12-26(28)5/h10-17,21,23H,2,8-9,18-20,22H2,1,3-7H3. The van der Waals surface area contributed by atoms with Gasteiger partial charge in [0.1, 0.15) is 0 Å². The largest absolute Gasteiger partial charge is 0.504 e. The summed E-state index contributed by atoms with van der Waals surface area (Å²) in [5.74, 6) is 0.0908. The van der Waals surface area contributed by atoms with Crippen LogP contribution in [0, 0.1) is 13.8 Å². The third kappa shape index (κ3) is 7.91. The molecular weight excluding hydrogens is 444 g/mol. The van der Waals surface area contributed by atoms with Crippen LogP contribution in [-0.4, -0.2) is 18.7 Å². The Morgan fingerprint density at radius 1 is 1.00 bits per heavy atom. The zero-order chi connectivity index (χ0) is 26.7. The maximum absolute atomic E-state index is 13.6. The fourth-order valence-corrected chi connectivity index (χ4v) is 4.70. The van der Waals surface area contributed by atoms with E-state index in [2.05, 4.69) is 57.7 Å². The van der Waals surface area contributed by atoms with Gasteiger partial charge in [0.25, 0.3) is 0 Å². The van der Waals surface area contributed by atoms with Crippen molar-refractivity contribution < 1.29 is 14.3 Å². The van der Waals surface area contributed by atoms with Crippen LogP contribution in [0.5, 0.6) is 0 Å². The van der Waals surface area contributed by atoms with Gasteiger partial charge in [-0.05, 0) is 80.9 Å². The molecule has 192 valence electrons. The first kappa shape index (κ1) is 29.0. The number of hydrogen-bond donors (Lipinski definition) is 0. The van der Waals surface area contributed by atoms with Crippen LogP contribution in [0.2, 0.25) is 0 Å². The molecular formula is C33H42O3. The van der Waals surface area contributed by atoms with Gasteiger partial charge in [-0.25, -0.2) is 0 Å². The van der Waals surface area contributed by atoms with Crippen LogP contribution in [0.15, 0.2) is 78.1 Å². The van der Waals surface area contributed by atoms with Crippen molar-refractivity contribution in [3.8, 4) is 0 Å². The molecule has 1 atom stereocenters. The summed E-state index contributed by atoms with van der Waals surface area (Å²) in [5.41, 5.74) is 6.12. The van der Waals surface area contributed by atoms with E-state index in [1.54, 1.807) is 14.0 Å². The first-order chi connectivity index (χ1) is 17.1. The predicted molar refractivity (Wildman–Crippen MR) is 151 cm³/mol. The molecule has 0 aliphatic heterocycles. The number of Topliss-reactive ketones (excluding diaryl/α,β-unsaturated/α-hetero) is 2. The smallest absolute Gasteiger partial charge is 0.167 e. The van der Waals surface area contributed by atoms with Gasteiger partial charge < -0.3 is 4.74 Å². The van der Waals surface area contributed by atoms with Crippen LogP contribution >= 0.6 is 0 Å². The molecule has 3 nitrogen and oxygen atoms in total. The monoisotopic (exact) mass is 486 g/mol. The molecule has 2 aromatic carbocycles. The lowest BCUT2D eigenvalue weighted by atomic mass is 9.68. The lowest BCUT2D eigenvalue weighted by molar-refractivity contribution is -0.116. The van der Waals surface area contributed by atoms with E-state index in [0.717, 1.165) is 41.5 Å². The highest BCUT2D eigenvalue weighted by Crippen LogP contribution is 2.41. The van der Waals surface area contributed by atoms with Gasteiger partial charge >= 0.3 is 0 Å². The van der Waals surface area contributed by atoms with Gasteiger partial charge in [-0.2, -0.15) is 0 Å². The van der Waals surface area contributed by atoms with E-state index in [9.17, 15) is 9.59 Å². The molecule has 0 saturated heterocycles. The van der Waals surface area contributed by atoms with Crippen molar-refractivity contribution in [2.24, 2.45) is 0 Å². The average Bonchev–Trinajstić information content (AvgIpc) is 2.84. The van der Waals surface area contributed by atoms with Crippen molar-refractivity contribution >= 4 is 17.6 Å². The van der Waals surface area contributed by atoms with E-state index in [1.807, 2.05) is 31.2 Å². The van der Waals surface area contributed by atoms with Crippen LogP contribution in [0.3, 0.4) is 0 Å². The van der Waals surface area contributed by atoms with E-state index in [1.165, 1.54) is 11.8 Å². The summed E-state index contributed by atoms with van der Waals surface area (Å²) >= 11 is 0. The second-order valence-electron chi connectivity index (χ2n) is 9.98. The van der Waals surface area contributed by atoms with Crippen LogP contribution in [0.4, 0.5) is 0 Å². The Labute approximate surface area is 218 Å². The first-order valence-corrected chi connectivity index (χ1v) is 12.9. The summed E-state index contributed by atoms with van der Waals surface area (Å²) in [7, 11) is 1.55. The van der Waals surface area contributed by atoms with Gasteiger partial charge in [-0.3, -0.25) is 9.59 Å². The first-order valence-electron chi connectivity index (χ1n) is 12.9. The van der Waals surface area contributed by atoms with Crippen molar-refractivity contribution in [3.63, 3.8) is 0 Å². The zero-order valence-corrected chi connectivity index (χ0v) is 22.9. The van der Waals surface area contributed by atoms with Gasteiger partial charge in [-0.1, -0.05) is 80.4 Å². The Balaban J connectivity index is 2.55. The average molecular weight is 487 g/mol. The lowest BCUT2D eigenvalue weighted by Gasteiger charge is -2.35. The maximum atomic E-state index is 13.6. The minimum atomic E-state index is -0.399. The molecule has 0 N–H and O–H groups in total. The zero-order valence-electron chi connectivity index (χ0n) is 22.9. The van der Waals surface area contributed by atoms with Crippen LogP contribution in [0.1, 0.15) is 81.5 Å². The number of carbonyl (C=O) groups excluding carboxylic acids is 2. The Kier molecular flexibility index (Phi) is 11.1. The summed E-state index contributed by atoms with van der Waals surface area (Å²) < 4.78 is 5.21. The highest BCUT2D eigenvalue weighted by atomic mass is 16.5. The van der Waals surface area contributed by atoms with Gasteiger partial charge in [0, 0.05) is 11.8 Å². The number of hydrogen-bond acceptors (Lipinski definition) is 3. The molecule has 2 rings (SSSR count). The Morgan fingerprint density at radius 3 is 2.22 bits per heavy atom. The number of aryl methyl sites for hydroxylation is 2. The molecule has 0 aromatic heterocycles. The summed E-state index contributed by atoms with van der Waals surface area (Å²) in [4.78, 5) is 26.3. The second-order valence-corrected chi connectivity index (χ2v) is 9.98. The Bertz CT molecular complexity index is 1120. The minimum absolute atomic E-state index is 0.0216. The van der Waals surface area contributed by atoms with Crippen molar-refractivity contribution in [2.45, 2.75) is 78.6 Å². The number of benzene rings is 2. The Hall–Kier alpha value is -3.20. The summed E-state index contributed by atoms with van der Waals surface area (Å²) in [6, 6.07) is 16.6. The van der Waals surface area contributed by atoms with Crippen molar-refractivity contribution in [2.75, 3.05) is 7.11 Å². The predicted octanol–water partition coefficient (Wildman–Crippen LogP) is 8.25. The molecule has 0 aliphatic carbocycles. The van der Waals surface area contributed by atoms with Gasteiger partial charge in [0.15, 0.2) is 11.6 Å². The molecule has 3 heteroatoms. The van der Waals surface area contributed by atoms with Crippen LogP contribution < -0.4 is 0 Å². The summed E-state index contributed by atoms with van der Waals surface area (Å²) in [6.07, 6.45) is 8.06. The molecule has 0 spiro atoms. The third-order valence-electron chi connectivity index (χ3n) is 7.01. The number of allylic oxidation sites excluding steroid dienone is 3. The molecule has 0 fully saturated rings. The highest BCUT2D eigenvalue weighted by Gasteiger charge is 2.35. The maximum Gasteiger partial charge on any atom is 0.167 e. The number of carbonyl (C=O) groups is 2. The van der Waals surface area contributed by atoms with Crippen molar-refractivity contribution in [1.29, 1.82) is 0 Å². The fourth-order valence-electron chi connectivity index (χ4n) is 4.70. The molecule has 0 saturated carbocycles. The number of ether oxygens (including phenoxy) is 1. The van der Waals surface area contributed by atoms with Gasteiger partial charge in [0.2, 0.25) is 0 Å². The molecule has 1 unspecified atom stereocenters. The molecule has 0 aliphatic rings. The lowest BCUT2D eigenvalue weighted by Crippen LogP contribution is -2.31. The molecule has 0 heterocycles. The van der Waals surface area contributed by atoms with Gasteiger partial charge in [-0.15, -0.1) is 0 Å². The summed E-state index contributed by atoms with van der Waals surface area (Å²) in [6.45, 7) is 13.8. The third-order valence-corrected chi connectivity index (χ3v) is 7.01. The fraction of sp³-hybridized carbons (Fsp3) is 0.394. The molecule has 0 bridgehead atoms. The second kappa shape index (κ2) is 13.8. The minimum Gasteiger partial charge on any atom is -0.504 e. The van der Waals surface area contributed by atoms with Crippen molar-refractivity contribution in [3.05, 3.63) is 100 Å². The van der Waals surface area contributed by atoms with E-state index >= 15 is 0 Å². The quantitative estimate of drug-likeness (QED) is 0.153. The van der Waals surface area contributed by atoms with Gasteiger partial charge in [0.05, 0.1) is 18.9 Å². The van der Waals surface area contributed by atoms with E-state index in [-0.39, 0.29) is 11.6 Å². The molecule has 36 heavy (non-hydrogen) atoms. The van der Waals surface area contributed by atoms with E-state index < -0.39 is 5.41 Å². The number of ketones is 2. The van der Waals surface area contributed by atoms with Crippen LogP contribution in [0.25, 0.3) is 6.08 Å². The number of methoxy groups -OCH3 is 1. The number of unbranched alkanes of at least 4 members (excludes halogenated alkanes) is 1. The van der Waals surface area contributed by atoms with E-state index in [4.69, 9.17) is 4.74 Å². The molecule has 2 aromatic rings. The molecule has 0 radical (unpaired) electrons.